The number of amides is 1. The standard InChI is InChI=1S/C29H41ClN2O3/c1-5-21-11-8-12-22(19-21)26-24(14-9-15-25(26)30)29(34,16-6-7-18-35-4)23-13-10-17-32(20-23)27(33)28(2,3)31/h8-9,11-12,14-15,19,23,34H,5-7,10,13,16-18,20,31H2,1-4H3/t23-,29+/m1/s1. The molecule has 1 aliphatic rings. The highest BCUT2D eigenvalue weighted by Gasteiger charge is 2.44. The number of piperidine rings is 1. The number of carbonyl (C=O) groups is 1. The highest BCUT2D eigenvalue weighted by molar-refractivity contribution is 6.33. The number of nitrogens with two attached hydrogens (primary N) is 1. The topological polar surface area (TPSA) is 75.8 Å². The summed E-state index contributed by atoms with van der Waals surface area (Å²) in [6, 6.07) is 14.2. The van der Waals surface area contributed by atoms with Gasteiger partial charge in [0, 0.05) is 43.3 Å². The lowest BCUT2D eigenvalue weighted by atomic mass is 9.72. The lowest BCUT2D eigenvalue weighted by Crippen LogP contribution is -2.56. The van der Waals surface area contributed by atoms with E-state index >= 15 is 0 Å². The molecule has 0 unspecified atom stereocenters. The highest BCUT2D eigenvalue weighted by atomic mass is 35.5. The molecule has 0 saturated carbocycles. The minimum absolute atomic E-state index is 0.0779. The molecule has 0 spiro atoms. The van der Waals surface area contributed by atoms with Gasteiger partial charge in [0.15, 0.2) is 0 Å². The Morgan fingerprint density at radius 1 is 1.23 bits per heavy atom. The van der Waals surface area contributed by atoms with E-state index < -0.39 is 11.1 Å². The quantitative estimate of drug-likeness (QED) is 0.419. The molecule has 6 heteroatoms. The van der Waals surface area contributed by atoms with Gasteiger partial charge >= 0.3 is 0 Å². The van der Waals surface area contributed by atoms with Crippen LogP contribution in [0.2, 0.25) is 5.02 Å². The number of benzene rings is 2. The smallest absolute Gasteiger partial charge is 0.242 e. The summed E-state index contributed by atoms with van der Waals surface area (Å²) in [6.07, 6.45) is 4.80. The van der Waals surface area contributed by atoms with Crippen LogP contribution in [0.1, 0.15) is 64.0 Å². The molecule has 0 radical (unpaired) electrons. The molecule has 1 aliphatic heterocycles. The van der Waals surface area contributed by atoms with Crippen LogP contribution in [0.5, 0.6) is 0 Å². The average Bonchev–Trinajstić information content (AvgIpc) is 2.85. The number of nitrogens with zero attached hydrogens (tertiary/aromatic N) is 1. The molecule has 0 aliphatic carbocycles. The van der Waals surface area contributed by atoms with E-state index in [1.54, 1.807) is 21.0 Å². The molecule has 1 heterocycles. The van der Waals surface area contributed by atoms with Gasteiger partial charge < -0.3 is 20.5 Å². The summed E-state index contributed by atoms with van der Waals surface area (Å²) < 4.78 is 5.26. The van der Waals surface area contributed by atoms with Gasteiger partial charge in [-0.3, -0.25) is 4.79 Å². The lowest BCUT2D eigenvalue weighted by molar-refractivity contribution is -0.141. The van der Waals surface area contributed by atoms with Crippen molar-refractivity contribution in [1.82, 2.24) is 4.90 Å². The van der Waals surface area contributed by atoms with E-state index in [1.807, 2.05) is 29.2 Å². The van der Waals surface area contributed by atoms with Crippen molar-refractivity contribution in [3.05, 3.63) is 58.6 Å². The van der Waals surface area contributed by atoms with Crippen molar-refractivity contribution < 1.29 is 14.6 Å². The third-order valence-corrected chi connectivity index (χ3v) is 7.51. The number of hydrogen-bond donors (Lipinski definition) is 2. The largest absolute Gasteiger partial charge is 0.385 e. The van der Waals surface area contributed by atoms with Crippen molar-refractivity contribution in [2.45, 2.75) is 70.4 Å². The normalized spacial score (nSPS) is 18.4. The van der Waals surface area contributed by atoms with Crippen LogP contribution in [0.3, 0.4) is 0 Å². The van der Waals surface area contributed by atoms with Gasteiger partial charge in [-0.15, -0.1) is 0 Å². The molecule has 0 aromatic heterocycles. The molecule has 0 bridgehead atoms. The average molecular weight is 501 g/mol. The minimum Gasteiger partial charge on any atom is -0.385 e. The second-order valence-corrected chi connectivity index (χ2v) is 10.8. The maximum atomic E-state index is 13.0. The van der Waals surface area contributed by atoms with Gasteiger partial charge in [-0.05, 0) is 75.1 Å². The minimum atomic E-state index is -1.14. The lowest BCUT2D eigenvalue weighted by Gasteiger charge is -2.45. The molecule has 1 fully saturated rings. The van der Waals surface area contributed by atoms with Gasteiger partial charge in [0.25, 0.3) is 0 Å². The van der Waals surface area contributed by atoms with Crippen LogP contribution in [0, 0.1) is 5.92 Å². The number of aliphatic hydroxyl groups is 1. The Hall–Kier alpha value is -1.92. The summed E-state index contributed by atoms with van der Waals surface area (Å²) in [5.74, 6) is -0.206. The van der Waals surface area contributed by atoms with Crippen LogP contribution in [0.4, 0.5) is 0 Å². The Balaban J connectivity index is 2.07. The van der Waals surface area contributed by atoms with Gasteiger partial charge in [0.2, 0.25) is 5.91 Å². The summed E-state index contributed by atoms with van der Waals surface area (Å²) in [7, 11) is 1.70. The number of unbranched alkanes of at least 4 members (excludes halogenated alkanes) is 1. The molecule has 2 atom stereocenters. The summed E-state index contributed by atoms with van der Waals surface area (Å²) in [6.45, 7) is 7.40. The first kappa shape index (κ1) is 27.7. The molecule has 35 heavy (non-hydrogen) atoms. The number of halogens is 1. The van der Waals surface area contributed by atoms with Gasteiger partial charge in [-0.2, -0.15) is 0 Å². The Morgan fingerprint density at radius 3 is 2.66 bits per heavy atom. The molecule has 192 valence electrons. The summed E-state index contributed by atoms with van der Waals surface area (Å²) >= 11 is 6.81. The first-order chi connectivity index (χ1) is 16.6. The number of carbonyl (C=O) groups excluding carboxylic acids is 1. The maximum absolute atomic E-state index is 13.0. The van der Waals surface area contributed by atoms with Crippen LogP contribution in [-0.4, -0.2) is 48.3 Å². The summed E-state index contributed by atoms with van der Waals surface area (Å²) in [4.78, 5) is 14.9. The molecule has 2 aromatic rings. The zero-order valence-electron chi connectivity index (χ0n) is 21.6. The van der Waals surface area contributed by atoms with E-state index in [-0.39, 0.29) is 11.8 Å². The second-order valence-electron chi connectivity index (χ2n) is 10.4. The Morgan fingerprint density at radius 2 is 1.97 bits per heavy atom. The second kappa shape index (κ2) is 11.9. The molecule has 1 amide bonds. The molecular weight excluding hydrogens is 460 g/mol. The fraction of sp³-hybridized carbons (Fsp3) is 0.552. The van der Waals surface area contributed by atoms with E-state index in [4.69, 9.17) is 22.1 Å². The van der Waals surface area contributed by atoms with Gasteiger partial charge in [0.05, 0.1) is 11.1 Å². The molecule has 2 aromatic carbocycles. The van der Waals surface area contributed by atoms with Crippen molar-refractivity contribution >= 4 is 17.5 Å². The molecule has 3 rings (SSSR count). The van der Waals surface area contributed by atoms with Crippen LogP contribution >= 0.6 is 11.6 Å². The van der Waals surface area contributed by atoms with E-state index in [2.05, 4.69) is 25.1 Å². The van der Waals surface area contributed by atoms with Crippen LogP contribution in [0.25, 0.3) is 11.1 Å². The van der Waals surface area contributed by atoms with Crippen molar-refractivity contribution in [2.75, 3.05) is 26.8 Å². The number of hydrogen-bond acceptors (Lipinski definition) is 4. The zero-order chi connectivity index (χ0) is 25.6. The predicted octanol–water partition coefficient (Wildman–Crippen LogP) is 5.55. The summed E-state index contributed by atoms with van der Waals surface area (Å²) in [5.41, 5.74) is 8.00. The number of ether oxygens (including phenoxy) is 1. The van der Waals surface area contributed by atoms with E-state index in [0.29, 0.717) is 31.1 Å². The van der Waals surface area contributed by atoms with Crippen molar-refractivity contribution in [3.63, 3.8) is 0 Å². The van der Waals surface area contributed by atoms with Crippen molar-refractivity contribution in [3.8, 4) is 11.1 Å². The maximum Gasteiger partial charge on any atom is 0.242 e. The number of likely N-dealkylation sites (tertiary alicyclic amines) is 1. The zero-order valence-corrected chi connectivity index (χ0v) is 22.4. The fourth-order valence-electron chi connectivity index (χ4n) is 5.28. The Kier molecular flexibility index (Phi) is 9.39. The summed E-state index contributed by atoms with van der Waals surface area (Å²) in [5, 5.41) is 13.2. The van der Waals surface area contributed by atoms with Gasteiger partial charge in [-0.1, -0.05) is 54.9 Å². The van der Waals surface area contributed by atoms with Crippen molar-refractivity contribution in [2.24, 2.45) is 11.7 Å². The number of rotatable bonds is 10. The first-order valence-electron chi connectivity index (χ1n) is 12.8. The number of aryl methyl sites for hydroxylation is 1. The van der Waals surface area contributed by atoms with Gasteiger partial charge in [-0.25, -0.2) is 0 Å². The molecule has 3 N–H and O–H groups in total. The van der Waals surface area contributed by atoms with Crippen molar-refractivity contribution in [1.29, 1.82) is 0 Å². The fourth-order valence-corrected chi connectivity index (χ4v) is 5.57. The van der Waals surface area contributed by atoms with E-state index in [9.17, 15) is 9.90 Å². The predicted molar refractivity (Wildman–Crippen MR) is 143 cm³/mol. The Labute approximate surface area is 215 Å². The van der Waals surface area contributed by atoms with E-state index in [0.717, 1.165) is 48.8 Å². The SMILES string of the molecule is CCc1cccc(-c2c(Cl)cccc2[C@](O)(CCCCOC)[C@@H]2CCCN(C(=O)C(C)(C)N)C2)c1. The first-order valence-corrected chi connectivity index (χ1v) is 13.2. The van der Waals surface area contributed by atoms with Crippen LogP contribution in [0.15, 0.2) is 42.5 Å². The number of methoxy groups -OCH3 is 1. The molecular formula is C29H41ClN2O3. The van der Waals surface area contributed by atoms with Crippen LogP contribution in [-0.2, 0) is 21.6 Å². The molecule has 1 saturated heterocycles. The highest BCUT2D eigenvalue weighted by Crippen LogP contribution is 2.46. The third-order valence-electron chi connectivity index (χ3n) is 7.20. The Bertz CT molecular complexity index is 1000. The third kappa shape index (κ3) is 6.45. The van der Waals surface area contributed by atoms with Crippen LogP contribution < -0.4 is 5.73 Å². The monoisotopic (exact) mass is 500 g/mol. The molecule has 5 nitrogen and oxygen atoms in total. The van der Waals surface area contributed by atoms with E-state index in [1.165, 1.54) is 5.56 Å². The van der Waals surface area contributed by atoms with Gasteiger partial charge in [0.1, 0.15) is 0 Å².